The maximum atomic E-state index is 6.22. The number of piperazine rings is 1. The molecule has 20 heavy (non-hydrogen) atoms. The molecule has 0 N–H and O–H groups in total. The normalized spacial score (nSPS) is 27.1. The van der Waals surface area contributed by atoms with E-state index in [4.69, 9.17) is 11.6 Å². The van der Waals surface area contributed by atoms with E-state index in [2.05, 4.69) is 51.7 Å². The molecule has 2 fully saturated rings. The SMILES string of the molecule is CC(C)C1CN2CCCC2CN1c1cc(Cl)ccc1Br. The lowest BCUT2D eigenvalue weighted by atomic mass is 9.96. The Hall–Kier alpha value is -0.250. The standard InChI is InChI=1S/C16H22BrClN2/c1-11(2)16-10-19-7-3-4-13(19)9-20(16)15-8-12(18)5-6-14(15)17/h5-6,8,11,13,16H,3-4,7,9-10H2,1-2H3. The van der Waals surface area contributed by atoms with Crippen LogP contribution in [0.2, 0.25) is 5.02 Å². The molecule has 0 aliphatic carbocycles. The zero-order valence-corrected chi connectivity index (χ0v) is 14.5. The third-order valence-electron chi connectivity index (χ3n) is 4.72. The first-order chi connectivity index (χ1) is 9.56. The Labute approximate surface area is 135 Å². The number of nitrogens with zero attached hydrogens (tertiary/aromatic N) is 2. The van der Waals surface area contributed by atoms with Crippen molar-refractivity contribution in [2.24, 2.45) is 5.92 Å². The van der Waals surface area contributed by atoms with Crippen LogP contribution in [-0.2, 0) is 0 Å². The van der Waals surface area contributed by atoms with Crippen molar-refractivity contribution in [3.8, 4) is 0 Å². The fraction of sp³-hybridized carbons (Fsp3) is 0.625. The Morgan fingerprint density at radius 3 is 2.85 bits per heavy atom. The quantitative estimate of drug-likeness (QED) is 0.773. The zero-order valence-electron chi connectivity index (χ0n) is 12.1. The van der Waals surface area contributed by atoms with Gasteiger partial charge in [-0.05, 0) is 59.4 Å². The summed E-state index contributed by atoms with van der Waals surface area (Å²) >= 11 is 9.92. The van der Waals surface area contributed by atoms with Crippen molar-refractivity contribution in [2.45, 2.75) is 38.8 Å². The van der Waals surface area contributed by atoms with E-state index >= 15 is 0 Å². The molecule has 0 bridgehead atoms. The summed E-state index contributed by atoms with van der Waals surface area (Å²) in [5, 5.41) is 0.819. The molecule has 2 aliphatic heterocycles. The van der Waals surface area contributed by atoms with Gasteiger partial charge in [-0.1, -0.05) is 25.4 Å². The molecule has 2 saturated heterocycles. The number of anilines is 1. The fourth-order valence-corrected chi connectivity index (χ4v) is 4.24. The van der Waals surface area contributed by atoms with Crippen LogP contribution < -0.4 is 4.90 Å². The molecule has 0 radical (unpaired) electrons. The maximum Gasteiger partial charge on any atom is 0.0529 e. The Kier molecular flexibility index (Phi) is 4.30. The topological polar surface area (TPSA) is 6.48 Å². The maximum absolute atomic E-state index is 6.22. The molecule has 3 rings (SSSR count). The molecule has 1 aromatic carbocycles. The second-order valence-corrected chi connectivity index (χ2v) is 7.64. The summed E-state index contributed by atoms with van der Waals surface area (Å²) in [5.41, 5.74) is 1.25. The van der Waals surface area contributed by atoms with E-state index in [-0.39, 0.29) is 0 Å². The van der Waals surface area contributed by atoms with Crippen molar-refractivity contribution in [2.75, 3.05) is 24.5 Å². The predicted molar refractivity (Wildman–Crippen MR) is 89.7 cm³/mol. The van der Waals surface area contributed by atoms with E-state index in [1.165, 1.54) is 31.6 Å². The van der Waals surface area contributed by atoms with Gasteiger partial charge in [0.05, 0.1) is 5.69 Å². The molecule has 1 aromatic rings. The van der Waals surface area contributed by atoms with Gasteiger partial charge in [0.1, 0.15) is 0 Å². The van der Waals surface area contributed by atoms with E-state index in [1.54, 1.807) is 0 Å². The zero-order chi connectivity index (χ0) is 14.3. The molecule has 2 aliphatic rings. The van der Waals surface area contributed by atoms with Crippen LogP contribution in [0.5, 0.6) is 0 Å². The number of benzene rings is 1. The summed E-state index contributed by atoms with van der Waals surface area (Å²) in [6.07, 6.45) is 2.68. The summed E-state index contributed by atoms with van der Waals surface area (Å²) in [7, 11) is 0. The molecule has 0 saturated carbocycles. The number of rotatable bonds is 2. The highest BCUT2D eigenvalue weighted by atomic mass is 79.9. The summed E-state index contributed by atoms with van der Waals surface area (Å²) in [6, 6.07) is 7.41. The van der Waals surface area contributed by atoms with Crippen LogP contribution in [0.15, 0.2) is 22.7 Å². The Balaban J connectivity index is 1.93. The molecule has 0 amide bonds. The predicted octanol–water partition coefficient (Wildman–Crippen LogP) is 4.41. The van der Waals surface area contributed by atoms with Crippen molar-refractivity contribution >= 4 is 33.2 Å². The van der Waals surface area contributed by atoms with Crippen LogP contribution in [0, 0.1) is 5.92 Å². The van der Waals surface area contributed by atoms with Gasteiger partial charge < -0.3 is 4.90 Å². The molecule has 0 spiro atoms. The van der Waals surface area contributed by atoms with Gasteiger partial charge in [-0.2, -0.15) is 0 Å². The van der Waals surface area contributed by atoms with Gasteiger partial charge in [-0.25, -0.2) is 0 Å². The Bertz CT molecular complexity index is 491. The van der Waals surface area contributed by atoms with Crippen LogP contribution in [-0.4, -0.2) is 36.6 Å². The second kappa shape index (κ2) is 5.86. The average molecular weight is 358 g/mol. The highest BCUT2D eigenvalue weighted by Crippen LogP contribution is 2.36. The first kappa shape index (κ1) is 14.7. The van der Waals surface area contributed by atoms with Crippen molar-refractivity contribution in [1.29, 1.82) is 0 Å². The van der Waals surface area contributed by atoms with Crippen LogP contribution in [0.3, 0.4) is 0 Å². The summed E-state index contributed by atoms with van der Waals surface area (Å²) in [6.45, 7) is 8.24. The molecular weight excluding hydrogens is 336 g/mol. The molecule has 110 valence electrons. The fourth-order valence-electron chi connectivity index (χ4n) is 3.60. The number of hydrogen-bond donors (Lipinski definition) is 0. The van der Waals surface area contributed by atoms with Gasteiger partial charge in [0.2, 0.25) is 0 Å². The van der Waals surface area contributed by atoms with Crippen LogP contribution in [0.1, 0.15) is 26.7 Å². The first-order valence-electron chi connectivity index (χ1n) is 7.52. The van der Waals surface area contributed by atoms with Gasteiger partial charge in [0.25, 0.3) is 0 Å². The largest absolute Gasteiger partial charge is 0.364 e. The molecular formula is C16H22BrClN2. The van der Waals surface area contributed by atoms with Gasteiger partial charge in [-0.15, -0.1) is 0 Å². The molecule has 0 aromatic heterocycles. The van der Waals surface area contributed by atoms with Crippen molar-refractivity contribution in [1.82, 2.24) is 4.90 Å². The third-order valence-corrected chi connectivity index (χ3v) is 5.62. The molecule has 2 nitrogen and oxygen atoms in total. The van der Waals surface area contributed by atoms with Crippen molar-refractivity contribution in [3.05, 3.63) is 27.7 Å². The first-order valence-corrected chi connectivity index (χ1v) is 8.69. The Morgan fingerprint density at radius 2 is 2.10 bits per heavy atom. The highest BCUT2D eigenvalue weighted by Gasteiger charge is 2.38. The average Bonchev–Trinajstić information content (AvgIpc) is 2.87. The monoisotopic (exact) mass is 356 g/mol. The van der Waals surface area contributed by atoms with E-state index in [9.17, 15) is 0 Å². The summed E-state index contributed by atoms with van der Waals surface area (Å²) in [4.78, 5) is 5.26. The second-order valence-electron chi connectivity index (χ2n) is 6.35. The van der Waals surface area contributed by atoms with Gasteiger partial charge in [0.15, 0.2) is 0 Å². The van der Waals surface area contributed by atoms with Gasteiger partial charge in [-0.3, -0.25) is 4.90 Å². The van der Waals surface area contributed by atoms with Gasteiger partial charge >= 0.3 is 0 Å². The summed E-state index contributed by atoms with van der Waals surface area (Å²) < 4.78 is 1.15. The lowest BCUT2D eigenvalue weighted by Crippen LogP contribution is -2.58. The van der Waals surface area contributed by atoms with Crippen LogP contribution in [0.4, 0.5) is 5.69 Å². The molecule has 2 unspecified atom stereocenters. The number of fused-ring (bicyclic) bond motifs is 1. The molecule has 2 heterocycles. The molecule has 4 heteroatoms. The Morgan fingerprint density at radius 1 is 1.30 bits per heavy atom. The third kappa shape index (κ3) is 2.72. The van der Waals surface area contributed by atoms with E-state index in [0.29, 0.717) is 12.0 Å². The minimum Gasteiger partial charge on any atom is -0.364 e. The van der Waals surface area contributed by atoms with E-state index in [0.717, 1.165) is 22.1 Å². The van der Waals surface area contributed by atoms with Gasteiger partial charge in [0, 0.05) is 34.7 Å². The number of hydrogen-bond acceptors (Lipinski definition) is 2. The van der Waals surface area contributed by atoms with Crippen molar-refractivity contribution in [3.63, 3.8) is 0 Å². The van der Waals surface area contributed by atoms with Crippen molar-refractivity contribution < 1.29 is 0 Å². The summed E-state index contributed by atoms with van der Waals surface area (Å²) in [5.74, 6) is 0.641. The minimum atomic E-state index is 0.569. The van der Waals surface area contributed by atoms with Crippen LogP contribution >= 0.6 is 27.5 Å². The molecule has 2 atom stereocenters. The number of halogens is 2. The lowest BCUT2D eigenvalue weighted by molar-refractivity contribution is 0.176. The van der Waals surface area contributed by atoms with E-state index in [1.807, 2.05) is 6.07 Å². The van der Waals surface area contributed by atoms with E-state index < -0.39 is 0 Å². The van der Waals surface area contributed by atoms with Crippen LogP contribution in [0.25, 0.3) is 0 Å². The smallest absolute Gasteiger partial charge is 0.0529 e. The lowest BCUT2D eigenvalue weighted by Gasteiger charge is -2.47. The minimum absolute atomic E-state index is 0.569. The highest BCUT2D eigenvalue weighted by molar-refractivity contribution is 9.10.